The Labute approximate surface area is 154 Å². The molecule has 1 saturated carbocycles. The first-order valence-electron chi connectivity index (χ1n) is 8.73. The molecule has 3 N–H and O–H groups in total. The standard InChI is InChI=1S/C19H19N3O5/c23-16-7-13(4-5-15(16)19(25)26)22-18-12(9-21-22)6-11(8-20-18)17(24)10-27-14-2-1-3-14/h4-9,14,17,23-24H,1-3,10H2,(H,25,26)/t17-/m1/s1. The van der Waals surface area contributed by atoms with Crippen molar-refractivity contribution in [3.05, 3.63) is 47.8 Å². The number of aromatic nitrogens is 3. The Morgan fingerprint density at radius 3 is 2.78 bits per heavy atom. The SMILES string of the molecule is O=C(O)c1ccc(-n2ncc3cc([C@H](O)COC4CCC4)cnc32)cc1O. The van der Waals surface area contributed by atoms with Gasteiger partial charge in [-0.25, -0.2) is 14.5 Å². The Bertz CT molecular complexity index is 996. The number of rotatable bonds is 6. The monoisotopic (exact) mass is 369 g/mol. The number of phenols is 1. The molecular formula is C19H19N3O5. The lowest BCUT2D eigenvalue weighted by Gasteiger charge is -2.26. The van der Waals surface area contributed by atoms with E-state index in [2.05, 4.69) is 10.1 Å². The van der Waals surface area contributed by atoms with Crippen LogP contribution in [0.25, 0.3) is 16.7 Å². The molecule has 0 unspecified atom stereocenters. The molecule has 8 heteroatoms. The molecule has 1 aliphatic rings. The van der Waals surface area contributed by atoms with Gasteiger partial charge in [-0.1, -0.05) is 0 Å². The molecule has 1 aliphatic carbocycles. The number of hydrogen-bond donors (Lipinski definition) is 3. The Hall–Kier alpha value is -2.97. The fourth-order valence-corrected chi connectivity index (χ4v) is 3.00. The number of pyridine rings is 1. The lowest BCUT2D eigenvalue weighted by molar-refractivity contribution is -0.0427. The van der Waals surface area contributed by atoms with Crippen molar-refractivity contribution >= 4 is 17.0 Å². The van der Waals surface area contributed by atoms with Crippen LogP contribution in [0.2, 0.25) is 0 Å². The molecule has 8 nitrogen and oxygen atoms in total. The van der Waals surface area contributed by atoms with Gasteiger partial charge in [0.2, 0.25) is 0 Å². The quantitative estimate of drug-likeness (QED) is 0.611. The number of hydrogen-bond acceptors (Lipinski definition) is 6. The zero-order valence-electron chi connectivity index (χ0n) is 14.4. The van der Waals surface area contributed by atoms with Crippen molar-refractivity contribution < 1.29 is 24.9 Å². The molecule has 0 saturated heterocycles. The molecule has 3 aromatic rings. The van der Waals surface area contributed by atoms with E-state index in [4.69, 9.17) is 9.84 Å². The van der Waals surface area contributed by atoms with Gasteiger partial charge in [0.25, 0.3) is 0 Å². The number of carboxylic acid groups (broad SMARTS) is 1. The number of nitrogens with zero attached hydrogens (tertiary/aromatic N) is 3. The van der Waals surface area contributed by atoms with Crippen molar-refractivity contribution in [1.29, 1.82) is 0 Å². The molecule has 0 radical (unpaired) electrons. The molecule has 2 aromatic heterocycles. The second kappa shape index (κ2) is 6.98. The average Bonchev–Trinajstić information content (AvgIpc) is 3.03. The van der Waals surface area contributed by atoms with Crippen LogP contribution in [0, 0.1) is 0 Å². The predicted octanol–water partition coefficient (Wildman–Crippen LogP) is 2.43. The molecule has 27 heavy (non-hydrogen) atoms. The third-order valence-electron chi connectivity index (χ3n) is 4.81. The van der Waals surface area contributed by atoms with Crippen LogP contribution >= 0.6 is 0 Å². The fraction of sp³-hybridized carbons (Fsp3) is 0.316. The first kappa shape index (κ1) is 17.4. The summed E-state index contributed by atoms with van der Waals surface area (Å²) >= 11 is 0. The van der Waals surface area contributed by atoms with Crippen molar-refractivity contribution in [2.75, 3.05) is 6.61 Å². The molecule has 0 spiro atoms. The minimum absolute atomic E-state index is 0.181. The molecule has 140 valence electrons. The van der Waals surface area contributed by atoms with Crippen molar-refractivity contribution in [3.63, 3.8) is 0 Å². The molecule has 0 bridgehead atoms. The lowest BCUT2D eigenvalue weighted by Crippen LogP contribution is -2.24. The highest BCUT2D eigenvalue weighted by molar-refractivity contribution is 5.91. The number of carbonyl (C=O) groups is 1. The normalized spacial score (nSPS) is 15.6. The Balaban J connectivity index is 1.58. The lowest BCUT2D eigenvalue weighted by atomic mass is 9.96. The summed E-state index contributed by atoms with van der Waals surface area (Å²) in [7, 11) is 0. The van der Waals surface area contributed by atoms with Gasteiger partial charge in [-0.2, -0.15) is 5.10 Å². The predicted molar refractivity (Wildman–Crippen MR) is 96.0 cm³/mol. The van der Waals surface area contributed by atoms with E-state index >= 15 is 0 Å². The van der Waals surface area contributed by atoms with Gasteiger partial charge in [-0.3, -0.25) is 0 Å². The summed E-state index contributed by atoms with van der Waals surface area (Å²) in [6.45, 7) is 0.233. The smallest absolute Gasteiger partial charge is 0.339 e. The highest BCUT2D eigenvalue weighted by atomic mass is 16.5. The van der Waals surface area contributed by atoms with E-state index in [1.807, 2.05) is 0 Å². The van der Waals surface area contributed by atoms with Crippen LogP contribution < -0.4 is 0 Å². The van der Waals surface area contributed by atoms with E-state index in [1.54, 1.807) is 24.5 Å². The van der Waals surface area contributed by atoms with E-state index in [0.29, 0.717) is 16.9 Å². The van der Waals surface area contributed by atoms with Crippen LogP contribution in [0.15, 0.2) is 36.7 Å². The number of ether oxygens (including phenoxy) is 1. The summed E-state index contributed by atoms with van der Waals surface area (Å²) in [5, 5.41) is 34.2. The van der Waals surface area contributed by atoms with E-state index in [1.165, 1.54) is 23.2 Å². The van der Waals surface area contributed by atoms with Crippen molar-refractivity contribution in [3.8, 4) is 11.4 Å². The maximum absolute atomic E-state index is 11.0. The van der Waals surface area contributed by atoms with Gasteiger partial charge in [0.05, 0.1) is 24.6 Å². The van der Waals surface area contributed by atoms with Crippen LogP contribution in [0.5, 0.6) is 5.75 Å². The summed E-state index contributed by atoms with van der Waals surface area (Å²) in [4.78, 5) is 15.4. The second-order valence-corrected chi connectivity index (χ2v) is 6.65. The Morgan fingerprint density at radius 1 is 1.30 bits per heavy atom. The molecule has 0 aliphatic heterocycles. The van der Waals surface area contributed by atoms with Crippen molar-refractivity contribution in [2.24, 2.45) is 0 Å². The molecule has 1 atom stereocenters. The summed E-state index contributed by atoms with van der Waals surface area (Å²) < 4.78 is 7.15. The molecule has 0 amide bonds. The number of aliphatic hydroxyl groups excluding tert-OH is 1. The molecular weight excluding hydrogens is 350 g/mol. The summed E-state index contributed by atoms with van der Waals surface area (Å²) in [6, 6.07) is 5.99. The van der Waals surface area contributed by atoms with Crippen LogP contribution in [0.4, 0.5) is 0 Å². The fourth-order valence-electron chi connectivity index (χ4n) is 3.00. The first-order valence-corrected chi connectivity index (χ1v) is 8.73. The number of aromatic carboxylic acids is 1. The van der Waals surface area contributed by atoms with Crippen LogP contribution in [-0.2, 0) is 4.74 Å². The maximum Gasteiger partial charge on any atom is 0.339 e. The van der Waals surface area contributed by atoms with Gasteiger partial charge in [0.1, 0.15) is 17.4 Å². The molecule has 4 rings (SSSR count). The number of carboxylic acids is 1. The summed E-state index contributed by atoms with van der Waals surface area (Å²) in [5.74, 6) is -1.55. The number of benzene rings is 1. The van der Waals surface area contributed by atoms with Crippen molar-refractivity contribution in [1.82, 2.24) is 14.8 Å². The number of fused-ring (bicyclic) bond motifs is 1. The van der Waals surface area contributed by atoms with E-state index in [0.717, 1.165) is 18.2 Å². The van der Waals surface area contributed by atoms with Gasteiger partial charge >= 0.3 is 5.97 Å². The Kier molecular flexibility index (Phi) is 4.51. The van der Waals surface area contributed by atoms with Gasteiger partial charge in [0.15, 0.2) is 5.65 Å². The third-order valence-corrected chi connectivity index (χ3v) is 4.81. The van der Waals surface area contributed by atoms with E-state index in [9.17, 15) is 15.0 Å². The first-order chi connectivity index (χ1) is 13.0. The minimum atomic E-state index is -1.20. The van der Waals surface area contributed by atoms with Crippen molar-refractivity contribution in [2.45, 2.75) is 31.5 Å². The number of aliphatic hydroxyl groups is 1. The van der Waals surface area contributed by atoms with E-state index < -0.39 is 12.1 Å². The van der Waals surface area contributed by atoms with Gasteiger partial charge < -0.3 is 20.1 Å². The third kappa shape index (κ3) is 3.36. The minimum Gasteiger partial charge on any atom is -0.507 e. The van der Waals surface area contributed by atoms with Crippen LogP contribution in [0.1, 0.15) is 41.3 Å². The highest BCUT2D eigenvalue weighted by Gasteiger charge is 2.20. The summed E-state index contributed by atoms with van der Waals surface area (Å²) in [5.41, 5.74) is 1.49. The second-order valence-electron chi connectivity index (χ2n) is 6.65. The largest absolute Gasteiger partial charge is 0.507 e. The zero-order chi connectivity index (χ0) is 19.0. The van der Waals surface area contributed by atoms with E-state index in [-0.39, 0.29) is 24.0 Å². The number of aromatic hydroxyl groups is 1. The Morgan fingerprint density at radius 2 is 2.11 bits per heavy atom. The van der Waals surface area contributed by atoms with Gasteiger partial charge in [0, 0.05) is 23.2 Å². The molecule has 2 heterocycles. The van der Waals surface area contributed by atoms with Gasteiger partial charge in [-0.05, 0) is 37.5 Å². The topological polar surface area (TPSA) is 118 Å². The molecule has 1 aromatic carbocycles. The molecule has 1 fully saturated rings. The maximum atomic E-state index is 11.0. The highest BCUT2D eigenvalue weighted by Crippen LogP contribution is 2.26. The zero-order valence-corrected chi connectivity index (χ0v) is 14.4. The summed E-state index contributed by atoms with van der Waals surface area (Å²) in [6.07, 6.45) is 5.93. The van der Waals surface area contributed by atoms with Gasteiger partial charge in [-0.15, -0.1) is 0 Å². The van der Waals surface area contributed by atoms with Crippen LogP contribution in [0.3, 0.4) is 0 Å². The average molecular weight is 369 g/mol. The van der Waals surface area contributed by atoms with Crippen LogP contribution in [-0.4, -0.2) is 48.8 Å².